The number of aliphatic hydroxyl groups is 1. The number of amides is 1. The van der Waals surface area contributed by atoms with Crippen molar-refractivity contribution in [1.29, 1.82) is 0 Å². The summed E-state index contributed by atoms with van der Waals surface area (Å²) in [4.78, 5) is 26.3. The highest BCUT2D eigenvalue weighted by molar-refractivity contribution is 6.33. The van der Waals surface area contributed by atoms with E-state index in [0.29, 0.717) is 41.2 Å². The largest absolute Gasteiger partial charge is 0.484 e. The Hall–Kier alpha value is -3.38. The van der Waals surface area contributed by atoms with Crippen LogP contribution in [0.25, 0.3) is 0 Å². The number of aliphatic hydroxyl groups excluding tert-OH is 1. The molecule has 3 aliphatic rings. The Bertz CT molecular complexity index is 1360. The topological polar surface area (TPSA) is 128 Å². The number of carbonyl (C=O) groups excluding carboxylic acids is 1. The van der Waals surface area contributed by atoms with Crippen LogP contribution in [0.5, 0.6) is 5.75 Å². The van der Waals surface area contributed by atoms with Crippen molar-refractivity contribution in [3.63, 3.8) is 0 Å². The molecule has 2 aromatic heterocycles. The van der Waals surface area contributed by atoms with E-state index < -0.39 is 6.10 Å². The third kappa shape index (κ3) is 6.97. The molecule has 3 aromatic rings. The molecule has 4 N–H and O–H groups in total. The Morgan fingerprint density at radius 1 is 1.24 bits per heavy atom. The van der Waals surface area contributed by atoms with E-state index in [0.717, 1.165) is 74.7 Å². The summed E-state index contributed by atoms with van der Waals surface area (Å²) in [6.07, 6.45) is 6.49. The van der Waals surface area contributed by atoms with Crippen molar-refractivity contribution >= 4 is 29.1 Å². The highest BCUT2D eigenvalue weighted by Gasteiger charge is 2.24. The van der Waals surface area contributed by atoms with Crippen LogP contribution >= 0.6 is 11.6 Å². The van der Waals surface area contributed by atoms with Gasteiger partial charge >= 0.3 is 0 Å². The summed E-state index contributed by atoms with van der Waals surface area (Å²) in [7, 11) is 0. The highest BCUT2D eigenvalue weighted by Crippen LogP contribution is 2.34. The van der Waals surface area contributed by atoms with Crippen molar-refractivity contribution in [2.24, 2.45) is 0 Å². The number of piperazine rings is 1. The zero-order chi connectivity index (χ0) is 28.9. The number of hydrogen-bond donors (Lipinski definition) is 4. The maximum absolute atomic E-state index is 13.2. The summed E-state index contributed by atoms with van der Waals surface area (Å²) in [5.41, 5.74) is 2.73. The number of hydrogen-bond acceptors (Lipinski definition) is 10. The van der Waals surface area contributed by atoms with E-state index in [1.54, 1.807) is 6.20 Å². The van der Waals surface area contributed by atoms with Crippen molar-refractivity contribution in [2.75, 3.05) is 56.0 Å². The molecule has 2 fully saturated rings. The van der Waals surface area contributed by atoms with Crippen LogP contribution in [0.15, 0.2) is 41.3 Å². The molecule has 1 aliphatic carbocycles. The van der Waals surface area contributed by atoms with Crippen LogP contribution in [0.1, 0.15) is 46.5 Å². The molecule has 0 radical (unpaired) electrons. The van der Waals surface area contributed by atoms with Gasteiger partial charge < -0.3 is 35.1 Å². The van der Waals surface area contributed by atoms with Crippen LogP contribution in [0, 0.1) is 0 Å². The number of fused-ring (bicyclic) bond motifs is 1. The van der Waals surface area contributed by atoms with Crippen molar-refractivity contribution in [2.45, 2.75) is 51.0 Å². The molecule has 1 amide bonds. The number of nitrogens with one attached hydrogen (secondary N) is 3. The van der Waals surface area contributed by atoms with E-state index >= 15 is 0 Å². The lowest BCUT2D eigenvalue weighted by Crippen LogP contribution is -2.44. The van der Waals surface area contributed by atoms with Crippen LogP contribution < -0.4 is 25.6 Å². The number of oxazole rings is 1. The Labute approximate surface area is 250 Å². The normalized spacial score (nSPS) is 18.2. The average Bonchev–Trinajstić information content (AvgIpc) is 3.51. The maximum Gasteiger partial charge on any atom is 0.251 e. The van der Waals surface area contributed by atoms with Gasteiger partial charge in [-0.2, -0.15) is 0 Å². The van der Waals surface area contributed by atoms with Gasteiger partial charge in [-0.3, -0.25) is 9.69 Å². The zero-order valence-corrected chi connectivity index (χ0v) is 24.4. The lowest BCUT2D eigenvalue weighted by molar-refractivity contribution is 0.0841. The zero-order valence-electron chi connectivity index (χ0n) is 23.6. The van der Waals surface area contributed by atoms with Crippen LogP contribution in [0.3, 0.4) is 0 Å². The summed E-state index contributed by atoms with van der Waals surface area (Å²) < 4.78 is 11.1. The number of rotatable bonds is 11. The Morgan fingerprint density at radius 2 is 2.10 bits per heavy atom. The summed E-state index contributed by atoms with van der Waals surface area (Å²) in [5, 5.41) is 21.2. The number of anilines is 2. The molecule has 1 aromatic carbocycles. The smallest absolute Gasteiger partial charge is 0.251 e. The van der Waals surface area contributed by atoms with E-state index in [-0.39, 0.29) is 19.1 Å². The SMILES string of the molecule is O=C(NCC(O)CN1CCc2c(ccc(OCc3cnco3)c2Cl)C1)c1cc(NC2CCC2)nc(N2CCNCC2)c1. The molecule has 11 nitrogen and oxygen atoms in total. The molecule has 224 valence electrons. The number of pyridine rings is 1. The fraction of sp³-hybridized carbons (Fsp3) is 0.500. The van der Waals surface area contributed by atoms with Crippen LogP contribution in [-0.4, -0.2) is 83.8 Å². The van der Waals surface area contributed by atoms with Gasteiger partial charge in [0.25, 0.3) is 5.91 Å². The van der Waals surface area contributed by atoms with E-state index in [1.807, 2.05) is 24.3 Å². The van der Waals surface area contributed by atoms with Gasteiger partial charge in [-0.05, 0) is 55.0 Å². The second kappa shape index (κ2) is 13.3. The standard InChI is InChI=1S/C30H38ClN7O4/c31-29-25-6-9-37(16-20(25)4-5-26(29)41-18-24-15-33-19-42-24)17-23(39)14-34-30(40)21-12-27(35-22-2-1-3-22)36-28(13-21)38-10-7-32-8-11-38/h4-5,12-13,15,19,22-23,32,39H,1-3,6-11,14,16-18H2,(H,34,40)(H,35,36). The van der Waals surface area contributed by atoms with Gasteiger partial charge in [-0.1, -0.05) is 17.7 Å². The molecule has 2 aliphatic heterocycles. The van der Waals surface area contributed by atoms with E-state index in [4.69, 9.17) is 25.7 Å². The predicted octanol–water partition coefficient (Wildman–Crippen LogP) is 2.82. The van der Waals surface area contributed by atoms with Gasteiger partial charge in [-0.25, -0.2) is 9.97 Å². The van der Waals surface area contributed by atoms with Crippen molar-refractivity contribution < 1.29 is 19.1 Å². The molecule has 6 rings (SSSR count). The summed E-state index contributed by atoms with van der Waals surface area (Å²) in [6, 6.07) is 7.98. The van der Waals surface area contributed by atoms with E-state index in [2.05, 4.69) is 30.7 Å². The fourth-order valence-corrected chi connectivity index (χ4v) is 5.92. The average molecular weight is 596 g/mol. The lowest BCUT2D eigenvalue weighted by atomic mass is 9.93. The molecule has 1 unspecified atom stereocenters. The monoisotopic (exact) mass is 595 g/mol. The predicted molar refractivity (Wildman–Crippen MR) is 160 cm³/mol. The number of β-amino-alcohol motifs (C(OH)–C–C–N with tert-alkyl or cyclic N) is 1. The van der Waals surface area contributed by atoms with Gasteiger partial charge in [0.1, 0.15) is 24.0 Å². The molecular formula is C30H38ClN7O4. The molecule has 1 saturated heterocycles. The van der Waals surface area contributed by atoms with Gasteiger partial charge in [0.15, 0.2) is 12.2 Å². The summed E-state index contributed by atoms with van der Waals surface area (Å²) in [6.45, 7) is 5.75. The first-order chi connectivity index (χ1) is 20.5. The highest BCUT2D eigenvalue weighted by atomic mass is 35.5. The molecule has 4 heterocycles. The first-order valence-electron chi connectivity index (χ1n) is 14.7. The molecule has 1 atom stereocenters. The van der Waals surface area contributed by atoms with Crippen LogP contribution in [0.2, 0.25) is 5.02 Å². The molecule has 12 heteroatoms. The molecular weight excluding hydrogens is 558 g/mol. The van der Waals surface area contributed by atoms with Gasteiger partial charge in [0.05, 0.1) is 17.3 Å². The fourth-order valence-electron chi connectivity index (χ4n) is 5.59. The van der Waals surface area contributed by atoms with Crippen LogP contribution in [0.4, 0.5) is 11.6 Å². The van der Waals surface area contributed by atoms with Gasteiger partial charge in [-0.15, -0.1) is 0 Å². The quantitative estimate of drug-likeness (QED) is 0.263. The third-order valence-corrected chi connectivity index (χ3v) is 8.58. The number of aromatic nitrogens is 2. The first kappa shape index (κ1) is 28.7. The lowest BCUT2D eigenvalue weighted by Gasteiger charge is -2.31. The number of carbonyl (C=O) groups is 1. The Kier molecular flexibility index (Phi) is 9.09. The second-order valence-corrected chi connectivity index (χ2v) is 11.6. The van der Waals surface area contributed by atoms with Crippen molar-refractivity contribution in [3.05, 3.63) is 64.3 Å². The minimum Gasteiger partial charge on any atom is -0.484 e. The molecule has 42 heavy (non-hydrogen) atoms. The molecule has 0 bridgehead atoms. The van der Waals surface area contributed by atoms with E-state index in [9.17, 15) is 9.90 Å². The van der Waals surface area contributed by atoms with E-state index in [1.165, 1.54) is 12.8 Å². The van der Waals surface area contributed by atoms with Gasteiger partial charge in [0, 0.05) is 64.0 Å². The van der Waals surface area contributed by atoms with Crippen LogP contribution in [-0.2, 0) is 19.6 Å². The Morgan fingerprint density at radius 3 is 2.86 bits per heavy atom. The number of benzene rings is 1. The Balaban J connectivity index is 1.03. The second-order valence-electron chi connectivity index (χ2n) is 11.2. The summed E-state index contributed by atoms with van der Waals surface area (Å²) in [5.74, 6) is 2.58. The van der Waals surface area contributed by atoms with Crippen molar-refractivity contribution in [1.82, 2.24) is 25.5 Å². The number of halogens is 1. The van der Waals surface area contributed by atoms with Crippen molar-refractivity contribution in [3.8, 4) is 5.75 Å². The first-order valence-corrected chi connectivity index (χ1v) is 15.1. The summed E-state index contributed by atoms with van der Waals surface area (Å²) >= 11 is 6.67. The van der Waals surface area contributed by atoms with Gasteiger partial charge in [0.2, 0.25) is 0 Å². The minimum absolute atomic E-state index is 0.161. The maximum atomic E-state index is 13.2. The third-order valence-electron chi connectivity index (χ3n) is 8.17. The molecule has 1 saturated carbocycles. The number of ether oxygens (including phenoxy) is 1. The minimum atomic E-state index is -0.711. The number of nitrogens with zero attached hydrogens (tertiary/aromatic N) is 4. The molecule has 0 spiro atoms.